The van der Waals surface area contributed by atoms with Crippen molar-refractivity contribution in [2.24, 2.45) is 0 Å². The second-order valence-corrected chi connectivity index (χ2v) is 8.75. The van der Waals surface area contributed by atoms with Crippen LogP contribution < -0.4 is 4.65 Å². The van der Waals surface area contributed by atoms with Gasteiger partial charge < -0.3 is 9.94 Å². The molecule has 7 nitrogen and oxygen atoms in total. The van der Waals surface area contributed by atoms with Crippen LogP contribution >= 0.6 is 11.3 Å². The predicted molar refractivity (Wildman–Crippen MR) is 114 cm³/mol. The van der Waals surface area contributed by atoms with Gasteiger partial charge in [0.2, 0.25) is 0 Å². The number of ether oxygens (including phenoxy) is 1. The topological polar surface area (TPSA) is 78.4 Å². The Labute approximate surface area is 173 Å². The molecule has 0 spiro atoms. The fourth-order valence-electron chi connectivity index (χ4n) is 3.41. The van der Waals surface area contributed by atoms with Crippen LogP contribution in [0.25, 0.3) is 0 Å². The minimum atomic E-state index is -0.748. The number of quaternary nitrogens is 1. The van der Waals surface area contributed by atoms with Crippen LogP contribution in [0, 0.1) is 5.21 Å². The van der Waals surface area contributed by atoms with Crippen LogP contribution in [0.3, 0.4) is 0 Å². The van der Waals surface area contributed by atoms with Crippen LogP contribution in [0.5, 0.6) is 0 Å². The Bertz CT molecular complexity index is 598. The summed E-state index contributed by atoms with van der Waals surface area (Å²) in [6.07, 6.45) is 8.85. The van der Waals surface area contributed by atoms with E-state index in [1.807, 2.05) is 6.92 Å². The maximum Gasteiger partial charge on any atom is 0.310 e. The molecular formula is C20H36N4O3S. The lowest BCUT2D eigenvalue weighted by Crippen LogP contribution is -2.50. The molecule has 0 N–H and O–H groups in total. The maximum absolute atomic E-state index is 13.8. The first-order valence-corrected chi connectivity index (χ1v) is 11.7. The molecule has 0 saturated carbocycles. The van der Waals surface area contributed by atoms with Crippen molar-refractivity contribution in [2.75, 3.05) is 19.8 Å². The van der Waals surface area contributed by atoms with E-state index in [-0.39, 0.29) is 12.6 Å². The summed E-state index contributed by atoms with van der Waals surface area (Å²) in [5.41, 5.74) is 0. The first-order chi connectivity index (χ1) is 13.5. The summed E-state index contributed by atoms with van der Waals surface area (Å²) in [5.74, 6) is -0.284. The molecule has 160 valence electrons. The monoisotopic (exact) mass is 412 g/mol. The highest BCUT2D eigenvalue weighted by atomic mass is 32.1. The molecule has 1 aliphatic heterocycles. The summed E-state index contributed by atoms with van der Waals surface area (Å²) >= 11 is 1.38. The largest absolute Gasteiger partial charge is 0.622 e. The first-order valence-electron chi connectivity index (χ1n) is 10.9. The van der Waals surface area contributed by atoms with Gasteiger partial charge in [-0.15, -0.1) is 5.10 Å². The Kier molecular flexibility index (Phi) is 9.77. The van der Waals surface area contributed by atoms with Crippen molar-refractivity contribution in [3.05, 3.63) is 10.2 Å². The molecule has 1 aromatic rings. The number of aromatic nitrogens is 2. The molecular weight excluding hydrogens is 376 g/mol. The molecule has 2 heterocycles. The van der Waals surface area contributed by atoms with E-state index in [1.165, 1.54) is 11.3 Å². The lowest BCUT2D eigenvalue weighted by atomic mass is 10.2. The maximum atomic E-state index is 13.8. The smallest absolute Gasteiger partial charge is 0.310 e. The summed E-state index contributed by atoms with van der Waals surface area (Å²) in [6, 6.07) is 0. The third-order valence-electron chi connectivity index (χ3n) is 5.14. The molecule has 0 aromatic carbocycles. The predicted octanol–water partition coefficient (Wildman–Crippen LogP) is 4.60. The van der Waals surface area contributed by atoms with Crippen LogP contribution in [0.1, 0.15) is 83.6 Å². The molecule has 1 saturated heterocycles. The number of unbranched alkanes of at least 4 members (excludes halogenated alkanes) is 5. The van der Waals surface area contributed by atoms with Gasteiger partial charge in [-0.1, -0.05) is 58.0 Å². The highest BCUT2D eigenvalue weighted by molar-refractivity contribution is 7.15. The van der Waals surface area contributed by atoms with Crippen molar-refractivity contribution in [1.29, 1.82) is 0 Å². The zero-order valence-electron chi connectivity index (χ0n) is 17.7. The Morgan fingerprint density at radius 1 is 1.14 bits per heavy atom. The lowest BCUT2D eigenvalue weighted by Gasteiger charge is -2.38. The second kappa shape index (κ2) is 11.8. The molecule has 1 aromatic heterocycles. The Balaban J connectivity index is 2.09. The van der Waals surface area contributed by atoms with E-state index in [2.05, 4.69) is 28.9 Å². The van der Waals surface area contributed by atoms with E-state index in [0.29, 0.717) is 18.1 Å². The van der Waals surface area contributed by atoms with Crippen LogP contribution in [0.4, 0.5) is 5.13 Å². The van der Waals surface area contributed by atoms with Crippen molar-refractivity contribution >= 4 is 22.4 Å². The van der Waals surface area contributed by atoms with Crippen LogP contribution in [-0.4, -0.2) is 47.1 Å². The molecule has 0 amide bonds. The first kappa shape index (κ1) is 23.2. The zero-order chi connectivity index (χ0) is 20.4. The number of hydroxylamine groups is 2. The number of hydrogen-bond acceptors (Lipinski definition) is 7. The third-order valence-corrected chi connectivity index (χ3v) is 6.24. The van der Waals surface area contributed by atoms with Crippen LogP contribution in [-0.2, 0) is 16.0 Å². The molecule has 1 fully saturated rings. The standard InChI is InChI=1S/C20H36N4O3S/c1-4-7-10-12-17-21-22-20(28-17)24(26)16-23(14-11-8-5-2)15-18(24)27-19(25)13-9-6-3/h18H,4-16H2,1-3H3. The van der Waals surface area contributed by atoms with E-state index in [0.717, 1.165) is 69.3 Å². The molecule has 28 heavy (non-hydrogen) atoms. The number of esters is 1. The van der Waals surface area contributed by atoms with Crippen LogP contribution in [0.15, 0.2) is 0 Å². The van der Waals surface area contributed by atoms with Gasteiger partial charge in [-0.25, -0.2) is 4.90 Å². The van der Waals surface area contributed by atoms with Crippen molar-refractivity contribution in [2.45, 2.75) is 91.2 Å². The quantitative estimate of drug-likeness (QED) is 0.204. The Morgan fingerprint density at radius 3 is 2.57 bits per heavy atom. The van der Waals surface area contributed by atoms with Gasteiger partial charge >= 0.3 is 11.1 Å². The minimum absolute atomic E-state index is 0.277. The van der Waals surface area contributed by atoms with E-state index >= 15 is 0 Å². The van der Waals surface area contributed by atoms with Gasteiger partial charge in [0.25, 0.3) is 6.23 Å². The van der Waals surface area contributed by atoms with Crippen molar-refractivity contribution in [3.8, 4) is 0 Å². The second-order valence-electron chi connectivity index (χ2n) is 7.70. The normalized spacial score (nSPS) is 22.6. The number of carbonyl (C=O) groups excluding carboxylic acids is 1. The van der Waals surface area contributed by atoms with E-state index in [1.54, 1.807) is 0 Å². The highest BCUT2D eigenvalue weighted by Gasteiger charge is 2.46. The molecule has 0 bridgehead atoms. The highest BCUT2D eigenvalue weighted by Crippen LogP contribution is 2.35. The SMILES string of the molecule is CCCCCc1nnc([N+]2([O-])CN(CCCCC)CC2OC(=O)CCCC)s1. The van der Waals surface area contributed by atoms with Crippen LogP contribution in [0.2, 0.25) is 0 Å². The fraction of sp³-hybridized carbons (Fsp3) is 0.850. The molecule has 2 unspecified atom stereocenters. The number of rotatable bonds is 13. The molecule has 0 aliphatic carbocycles. The zero-order valence-corrected chi connectivity index (χ0v) is 18.5. The average molecular weight is 413 g/mol. The van der Waals surface area contributed by atoms with Gasteiger partial charge in [0, 0.05) is 19.4 Å². The summed E-state index contributed by atoms with van der Waals surface area (Å²) in [4.78, 5) is 14.3. The lowest BCUT2D eigenvalue weighted by molar-refractivity contribution is -0.153. The Morgan fingerprint density at radius 2 is 1.86 bits per heavy atom. The summed E-state index contributed by atoms with van der Waals surface area (Å²) < 4.78 is 4.93. The van der Waals surface area contributed by atoms with E-state index in [9.17, 15) is 10.0 Å². The third kappa shape index (κ3) is 6.47. The van der Waals surface area contributed by atoms with E-state index in [4.69, 9.17) is 4.74 Å². The minimum Gasteiger partial charge on any atom is -0.622 e. The van der Waals surface area contributed by atoms with Gasteiger partial charge in [-0.2, -0.15) is 0 Å². The molecule has 2 rings (SSSR count). The number of carbonyl (C=O) groups is 1. The number of aryl methyl sites for hydroxylation is 1. The number of nitrogens with zero attached hydrogens (tertiary/aromatic N) is 4. The van der Waals surface area contributed by atoms with E-state index < -0.39 is 10.9 Å². The number of hydrogen-bond donors (Lipinski definition) is 0. The van der Waals surface area contributed by atoms with Gasteiger partial charge in [-0.05, 0) is 30.6 Å². The molecule has 1 aliphatic rings. The van der Waals surface area contributed by atoms with Crippen molar-refractivity contribution in [1.82, 2.24) is 19.7 Å². The Hall–Kier alpha value is -1.09. The van der Waals surface area contributed by atoms with Gasteiger partial charge in [0.1, 0.15) is 11.7 Å². The van der Waals surface area contributed by atoms with Crippen molar-refractivity contribution in [3.63, 3.8) is 0 Å². The summed E-state index contributed by atoms with van der Waals surface area (Å²) in [6.45, 7) is 7.96. The molecule has 8 heteroatoms. The van der Waals surface area contributed by atoms with Gasteiger partial charge in [0.15, 0.2) is 0 Å². The van der Waals surface area contributed by atoms with Gasteiger partial charge in [-0.3, -0.25) is 9.44 Å². The molecule has 2 atom stereocenters. The fourth-order valence-corrected chi connectivity index (χ4v) is 4.36. The summed E-state index contributed by atoms with van der Waals surface area (Å²) in [5, 5.41) is 23.5. The summed E-state index contributed by atoms with van der Waals surface area (Å²) in [7, 11) is 0. The van der Waals surface area contributed by atoms with Crippen molar-refractivity contribution < 1.29 is 9.53 Å². The van der Waals surface area contributed by atoms with Gasteiger partial charge in [0.05, 0.1) is 6.54 Å². The average Bonchev–Trinajstić information content (AvgIpc) is 3.27. The molecule has 0 radical (unpaired) electrons.